The van der Waals surface area contributed by atoms with Gasteiger partial charge in [0, 0.05) is 42.6 Å². The van der Waals surface area contributed by atoms with Crippen molar-refractivity contribution in [3.05, 3.63) is 40.6 Å². The Morgan fingerprint density at radius 1 is 1.25 bits per heavy atom. The van der Waals surface area contributed by atoms with E-state index in [1.807, 2.05) is 0 Å². The number of sulfone groups is 1. The molecule has 1 heterocycles. The van der Waals surface area contributed by atoms with Gasteiger partial charge < -0.3 is 0 Å². The second-order valence-corrected chi connectivity index (χ2v) is 10.1. The Morgan fingerprint density at radius 2 is 1.92 bits per heavy atom. The average molecular weight is 436 g/mol. The summed E-state index contributed by atoms with van der Waals surface area (Å²) in [6.07, 6.45) is 4.38. The zero-order valence-electron chi connectivity index (χ0n) is 13.5. The third kappa shape index (κ3) is 4.05. The van der Waals surface area contributed by atoms with Crippen LogP contribution >= 0.6 is 15.9 Å². The highest BCUT2D eigenvalue weighted by Gasteiger charge is 2.27. The zero-order valence-corrected chi connectivity index (χ0v) is 16.7. The van der Waals surface area contributed by atoms with Gasteiger partial charge in [0.15, 0.2) is 9.84 Å². The van der Waals surface area contributed by atoms with Crippen LogP contribution in [-0.4, -0.2) is 43.7 Å². The SMILES string of the molecule is CCN(Cc1cnn(C)c1)S(=O)(=O)c1cc(S(C)(=O)=O)ccc1Br. The number of halogens is 1. The van der Waals surface area contributed by atoms with E-state index in [1.165, 1.54) is 22.5 Å². The first-order valence-electron chi connectivity index (χ1n) is 7.03. The van der Waals surface area contributed by atoms with Crippen molar-refractivity contribution in [2.45, 2.75) is 23.3 Å². The molecular weight excluding hydrogens is 418 g/mol. The molecule has 0 saturated carbocycles. The van der Waals surface area contributed by atoms with Gasteiger partial charge in [0.2, 0.25) is 10.0 Å². The summed E-state index contributed by atoms with van der Waals surface area (Å²) in [7, 11) is -5.63. The van der Waals surface area contributed by atoms with E-state index in [2.05, 4.69) is 21.0 Å². The second-order valence-electron chi connectivity index (χ2n) is 5.32. The number of nitrogens with zero attached hydrogens (tertiary/aromatic N) is 3. The van der Waals surface area contributed by atoms with Crippen molar-refractivity contribution < 1.29 is 16.8 Å². The van der Waals surface area contributed by atoms with E-state index in [9.17, 15) is 16.8 Å². The van der Waals surface area contributed by atoms with Gasteiger partial charge in [-0.3, -0.25) is 4.68 Å². The number of sulfonamides is 1. The van der Waals surface area contributed by atoms with Gasteiger partial charge in [0.05, 0.1) is 16.0 Å². The fourth-order valence-electron chi connectivity index (χ4n) is 2.17. The molecule has 0 N–H and O–H groups in total. The monoisotopic (exact) mass is 435 g/mol. The summed E-state index contributed by atoms with van der Waals surface area (Å²) in [5, 5.41) is 4.03. The Hall–Kier alpha value is -1.23. The van der Waals surface area contributed by atoms with Crippen molar-refractivity contribution in [3.8, 4) is 0 Å². The molecule has 24 heavy (non-hydrogen) atoms. The summed E-state index contributed by atoms with van der Waals surface area (Å²) in [6.45, 7) is 2.12. The first kappa shape index (κ1) is 19.1. The Labute approximate surface area is 150 Å². The minimum Gasteiger partial charge on any atom is -0.275 e. The van der Waals surface area contributed by atoms with Gasteiger partial charge in [-0.25, -0.2) is 16.8 Å². The molecule has 0 unspecified atom stereocenters. The summed E-state index contributed by atoms with van der Waals surface area (Å²) in [4.78, 5) is -0.113. The molecule has 0 radical (unpaired) electrons. The molecule has 2 rings (SSSR count). The number of rotatable bonds is 6. The fraction of sp³-hybridized carbons (Fsp3) is 0.357. The molecule has 0 fully saturated rings. The highest BCUT2D eigenvalue weighted by molar-refractivity contribution is 9.10. The van der Waals surface area contributed by atoms with Crippen LogP contribution in [0, 0.1) is 0 Å². The van der Waals surface area contributed by atoms with E-state index in [0.29, 0.717) is 4.47 Å². The Bertz CT molecular complexity index is 952. The van der Waals surface area contributed by atoms with Gasteiger partial charge in [0.25, 0.3) is 0 Å². The van der Waals surface area contributed by atoms with E-state index >= 15 is 0 Å². The van der Waals surface area contributed by atoms with Crippen LogP contribution in [0.5, 0.6) is 0 Å². The fourth-order valence-corrected chi connectivity index (χ4v) is 5.28. The first-order chi connectivity index (χ1) is 11.1. The molecule has 0 amide bonds. The summed E-state index contributed by atoms with van der Waals surface area (Å²) in [5.74, 6) is 0. The molecule has 7 nitrogen and oxygen atoms in total. The van der Waals surface area contributed by atoms with Crippen molar-refractivity contribution in [1.82, 2.24) is 14.1 Å². The Morgan fingerprint density at radius 3 is 2.42 bits per heavy atom. The third-order valence-electron chi connectivity index (χ3n) is 3.42. The van der Waals surface area contributed by atoms with Crippen molar-refractivity contribution in [1.29, 1.82) is 0 Å². The van der Waals surface area contributed by atoms with Crippen molar-refractivity contribution in [3.63, 3.8) is 0 Å². The van der Waals surface area contributed by atoms with Gasteiger partial charge in [0.1, 0.15) is 0 Å². The molecule has 132 valence electrons. The minimum atomic E-state index is -3.87. The normalized spacial score (nSPS) is 12.7. The highest BCUT2D eigenvalue weighted by Crippen LogP contribution is 2.28. The van der Waals surface area contributed by atoms with E-state index in [1.54, 1.807) is 31.0 Å². The third-order valence-corrected chi connectivity index (χ3v) is 7.44. The van der Waals surface area contributed by atoms with Crippen LogP contribution in [0.1, 0.15) is 12.5 Å². The zero-order chi connectivity index (χ0) is 18.1. The molecule has 0 aliphatic heterocycles. The highest BCUT2D eigenvalue weighted by atomic mass is 79.9. The molecule has 2 aromatic rings. The molecule has 1 aromatic carbocycles. The quantitative estimate of drug-likeness (QED) is 0.689. The number of hydrogen-bond donors (Lipinski definition) is 0. The summed E-state index contributed by atoms with van der Waals surface area (Å²) in [6, 6.07) is 3.98. The van der Waals surface area contributed by atoms with Gasteiger partial charge in [-0.15, -0.1) is 0 Å². The first-order valence-corrected chi connectivity index (χ1v) is 11.2. The minimum absolute atomic E-state index is 0.0401. The molecule has 1 aromatic heterocycles. The van der Waals surface area contributed by atoms with Crippen LogP contribution in [0.25, 0.3) is 0 Å². The molecular formula is C14H18BrN3O4S2. The number of aromatic nitrogens is 2. The molecule has 0 spiro atoms. The standard InChI is InChI=1S/C14H18BrN3O4S2/c1-4-18(10-11-8-16-17(2)9-11)24(21,22)14-7-12(23(3,19)20)5-6-13(14)15/h5-9H,4,10H2,1-3H3. The summed E-state index contributed by atoms with van der Waals surface area (Å²) in [5.41, 5.74) is 0.748. The number of benzene rings is 1. The van der Waals surface area contributed by atoms with Crippen molar-refractivity contribution in [2.24, 2.45) is 7.05 Å². The molecule has 0 aliphatic carbocycles. The van der Waals surface area contributed by atoms with E-state index < -0.39 is 19.9 Å². The van der Waals surface area contributed by atoms with Gasteiger partial charge >= 0.3 is 0 Å². The van der Waals surface area contributed by atoms with E-state index in [0.717, 1.165) is 11.8 Å². The predicted octanol–water partition coefficient (Wildman–Crippen LogP) is 1.80. The molecule has 10 heteroatoms. The van der Waals surface area contributed by atoms with Gasteiger partial charge in [-0.05, 0) is 34.1 Å². The van der Waals surface area contributed by atoms with Crippen molar-refractivity contribution >= 4 is 35.8 Å². The maximum atomic E-state index is 12.9. The average Bonchev–Trinajstić information content (AvgIpc) is 2.89. The lowest BCUT2D eigenvalue weighted by atomic mass is 10.3. The number of aryl methyl sites for hydroxylation is 1. The van der Waals surface area contributed by atoms with Crippen LogP contribution in [0.15, 0.2) is 44.9 Å². The van der Waals surface area contributed by atoms with Gasteiger partial charge in [-0.1, -0.05) is 6.92 Å². The van der Waals surface area contributed by atoms with E-state index in [-0.39, 0.29) is 22.9 Å². The smallest absolute Gasteiger partial charge is 0.244 e. The largest absolute Gasteiger partial charge is 0.275 e. The van der Waals surface area contributed by atoms with Crippen LogP contribution in [0.3, 0.4) is 0 Å². The second kappa shape index (κ2) is 6.95. The lowest BCUT2D eigenvalue weighted by molar-refractivity contribution is 0.423. The maximum absolute atomic E-state index is 12.9. The topological polar surface area (TPSA) is 89.3 Å². The number of hydrogen-bond acceptors (Lipinski definition) is 5. The summed E-state index contributed by atoms with van der Waals surface area (Å²) < 4.78 is 52.5. The van der Waals surface area contributed by atoms with Gasteiger partial charge in [-0.2, -0.15) is 9.40 Å². The molecule has 0 atom stereocenters. The molecule has 0 saturated heterocycles. The molecule has 0 aliphatic rings. The van der Waals surface area contributed by atoms with Crippen LogP contribution in [0.2, 0.25) is 0 Å². The Kier molecular flexibility index (Phi) is 5.53. The maximum Gasteiger partial charge on any atom is 0.244 e. The lowest BCUT2D eigenvalue weighted by Crippen LogP contribution is -2.30. The van der Waals surface area contributed by atoms with Crippen LogP contribution in [0.4, 0.5) is 0 Å². The van der Waals surface area contributed by atoms with E-state index in [4.69, 9.17) is 0 Å². The molecule has 0 bridgehead atoms. The summed E-state index contributed by atoms with van der Waals surface area (Å²) >= 11 is 3.20. The van der Waals surface area contributed by atoms with Crippen molar-refractivity contribution in [2.75, 3.05) is 12.8 Å². The lowest BCUT2D eigenvalue weighted by Gasteiger charge is -2.21. The predicted molar refractivity (Wildman–Crippen MR) is 93.7 cm³/mol. The van der Waals surface area contributed by atoms with Crippen LogP contribution < -0.4 is 0 Å². The van der Waals surface area contributed by atoms with Crippen LogP contribution in [-0.2, 0) is 33.5 Å². The Balaban J connectivity index is 2.47.